The zero-order valence-corrected chi connectivity index (χ0v) is 15.5. The minimum atomic E-state index is -1.64. The molecule has 1 aliphatic carbocycles. The summed E-state index contributed by atoms with van der Waals surface area (Å²) in [5.41, 5.74) is 3.40. The van der Waals surface area contributed by atoms with Gasteiger partial charge in [-0.05, 0) is 46.5 Å². The second-order valence-electron chi connectivity index (χ2n) is 7.35. The third-order valence-corrected chi connectivity index (χ3v) is 6.61. The van der Waals surface area contributed by atoms with Gasteiger partial charge in [-0.2, -0.15) is 0 Å². The number of methoxy groups -OCH3 is 1. The molecule has 0 fully saturated rings. The molecule has 1 N–H and O–H groups in total. The van der Waals surface area contributed by atoms with Gasteiger partial charge >= 0.3 is 0 Å². The van der Waals surface area contributed by atoms with Crippen LogP contribution in [0.4, 0.5) is 0 Å². The van der Waals surface area contributed by atoms with E-state index < -0.39 is 13.7 Å². The predicted octanol–water partition coefficient (Wildman–Crippen LogP) is 4.70. The van der Waals surface area contributed by atoms with E-state index in [1.54, 1.807) is 7.11 Å². The quantitative estimate of drug-likeness (QED) is 0.829. The zero-order valence-electron chi connectivity index (χ0n) is 14.5. The Balaban J connectivity index is 2.29. The van der Waals surface area contributed by atoms with Crippen LogP contribution >= 0.6 is 0 Å². The molecule has 2 nitrogen and oxygen atoms in total. The molecule has 2 aromatic rings. The topological polar surface area (TPSA) is 29.5 Å². The van der Waals surface area contributed by atoms with E-state index in [1.807, 2.05) is 31.2 Å². The number of hydrogen-bond donors (Lipinski definition) is 1. The number of benzene rings is 2. The van der Waals surface area contributed by atoms with Gasteiger partial charge in [0.2, 0.25) is 0 Å². The first-order valence-electron chi connectivity index (χ1n) is 7.98. The van der Waals surface area contributed by atoms with Crippen molar-refractivity contribution >= 4 is 18.8 Å². The van der Waals surface area contributed by atoms with Crippen LogP contribution in [-0.4, -0.2) is 20.3 Å². The van der Waals surface area contributed by atoms with Gasteiger partial charge in [-0.25, -0.2) is 0 Å². The van der Waals surface area contributed by atoms with Crippen molar-refractivity contribution in [2.45, 2.75) is 32.2 Å². The maximum absolute atomic E-state index is 11.4. The lowest BCUT2D eigenvalue weighted by atomic mass is 9.88. The molecule has 3 heteroatoms. The third-order valence-electron chi connectivity index (χ3n) is 4.59. The fourth-order valence-corrected chi connectivity index (χ4v) is 5.76. The van der Waals surface area contributed by atoms with Crippen LogP contribution in [-0.2, 0) is 5.60 Å². The largest absolute Gasteiger partial charge is 0.497 e. The van der Waals surface area contributed by atoms with Gasteiger partial charge in [0.25, 0.3) is 0 Å². The Morgan fingerprint density at radius 3 is 2.13 bits per heavy atom. The van der Waals surface area contributed by atoms with E-state index in [0.29, 0.717) is 0 Å². The van der Waals surface area contributed by atoms with Crippen molar-refractivity contribution < 1.29 is 9.84 Å². The van der Waals surface area contributed by atoms with E-state index in [4.69, 9.17) is 4.74 Å². The Morgan fingerprint density at radius 2 is 1.57 bits per heavy atom. The Hall–Kier alpha value is -1.84. The zero-order chi connectivity index (χ0) is 16.8. The van der Waals surface area contributed by atoms with Crippen LogP contribution in [0, 0.1) is 0 Å². The van der Waals surface area contributed by atoms with Crippen LogP contribution < -0.4 is 4.74 Å². The highest BCUT2D eigenvalue weighted by atomic mass is 28.3. The maximum Gasteiger partial charge on any atom is 0.118 e. The number of hydrogen-bond acceptors (Lipinski definition) is 2. The Bertz CT molecular complexity index is 765. The van der Waals surface area contributed by atoms with Crippen LogP contribution in [0.25, 0.3) is 10.8 Å². The molecule has 0 aromatic heterocycles. The molecule has 1 aliphatic rings. The molecule has 0 spiro atoms. The highest BCUT2D eigenvalue weighted by Gasteiger charge is 2.43. The van der Waals surface area contributed by atoms with Crippen LogP contribution in [0.15, 0.2) is 48.5 Å². The van der Waals surface area contributed by atoms with Crippen molar-refractivity contribution in [3.63, 3.8) is 0 Å². The summed E-state index contributed by atoms with van der Waals surface area (Å²) in [7, 11) is 0.0264. The summed E-state index contributed by atoms with van der Waals surface area (Å²) in [6.45, 7) is 8.93. The second kappa shape index (κ2) is 5.36. The normalized spacial score (nSPS) is 20.6. The van der Waals surface area contributed by atoms with Crippen molar-refractivity contribution in [1.29, 1.82) is 0 Å². The molecule has 0 aliphatic heterocycles. The molecule has 0 radical (unpaired) electrons. The Labute approximate surface area is 139 Å². The molecule has 2 aromatic carbocycles. The highest BCUT2D eigenvalue weighted by molar-refractivity contribution is 6.95. The van der Waals surface area contributed by atoms with Crippen LogP contribution in [0.5, 0.6) is 5.75 Å². The van der Waals surface area contributed by atoms with E-state index in [1.165, 1.54) is 10.8 Å². The van der Waals surface area contributed by atoms with E-state index in [-0.39, 0.29) is 0 Å². The van der Waals surface area contributed by atoms with Gasteiger partial charge in [0.1, 0.15) is 11.4 Å². The molecule has 3 rings (SSSR count). The average Bonchev–Trinajstić information content (AvgIpc) is 2.75. The Kier molecular flexibility index (Phi) is 3.73. The lowest BCUT2D eigenvalue weighted by Gasteiger charge is -2.26. The molecular formula is C20H24O2Si. The van der Waals surface area contributed by atoms with Gasteiger partial charge in [0.15, 0.2) is 0 Å². The van der Waals surface area contributed by atoms with Crippen LogP contribution in [0.2, 0.25) is 19.6 Å². The molecule has 0 saturated heterocycles. The van der Waals surface area contributed by atoms with Crippen LogP contribution in [0.3, 0.4) is 0 Å². The summed E-state index contributed by atoms with van der Waals surface area (Å²) >= 11 is 0. The maximum atomic E-state index is 11.4. The van der Waals surface area contributed by atoms with Gasteiger partial charge in [-0.1, -0.05) is 56.0 Å². The first-order chi connectivity index (χ1) is 10.8. The minimum Gasteiger partial charge on any atom is -0.497 e. The fraction of sp³-hybridized carbons (Fsp3) is 0.300. The summed E-state index contributed by atoms with van der Waals surface area (Å²) in [4.78, 5) is 0. The average molecular weight is 324 g/mol. The molecule has 0 bridgehead atoms. The minimum absolute atomic E-state index is 0.832. The third kappa shape index (κ3) is 2.54. The number of fused-ring (bicyclic) bond motifs is 1. The number of aliphatic hydroxyl groups is 1. The molecule has 0 saturated carbocycles. The van der Waals surface area contributed by atoms with Gasteiger partial charge in [0.05, 0.1) is 15.2 Å². The van der Waals surface area contributed by atoms with Crippen molar-refractivity contribution in [1.82, 2.24) is 0 Å². The fourth-order valence-electron chi connectivity index (χ4n) is 3.60. The van der Waals surface area contributed by atoms with Gasteiger partial charge in [0, 0.05) is 0 Å². The van der Waals surface area contributed by atoms with E-state index in [9.17, 15) is 5.11 Å². The summed E-state index contributed by atoms with van der Waals surface area (Å²) in [5, 5.41) is 12.7. The molecule has 23 heavy (non-hydrogen) atoms. The van der Waals surface area contributed by atoms with Crippen molar-refractivity contribution in [3.8, 4) is 5.75 Å². The molecule has 0 heterocycles. The molecular weight excluding hydrogens is 300 g/mol. The first kappa shape index (κ1) is 16.0. The molecule has 1 atom stereocenters. The Morgan fingerprint density at radius 1 is 0.957 bits per heavy atom. The standard InChI is InChI=1S/C20H24O2Si/c1-20(21)17-9-7-6-8-16(17)19(23(3,4)5)18(20)14-10-12-15(22-2)13-11-14/h6-13,21H,1-5H3. The predicted molar refractivity (Wildman–Crippen MR) is 99.2 cm³/mol. The monoisotopic (exact) mass is 324 g/mol. The van der Waals surface area contributed by atoms with Crippen molar-refractivity contribution in [3.05, 3.63) is 65.2 Å². The van der Waals surface area contributed by atoms with E-state index in [2.05, 4.69) is 43.9 Å². The van der Waals surface area contributed by atoms with E-state index in [0.717, 1.165) is 22.4 Å². The number of rotatable bonds is 3. The smallest absolute Gasteiger partial charge is 0.118 e. The summed E-state index contributed by atoms with van der Waals surface area (Å²) in [5.74, 6) is 0.832. The van der Waals surface area contributed by atoms with Gasteiger partial charge in [-0.3, -0.25) is 0 Å². The lowest BCUT2D eigenvalue weighted by molar-refractivity contribution is 0.125. The van der Waals surface area contributed by atoms with Gasteiger partial charge in [-0.15, -0.1) is 0 Å². The summed E-state index contributed by atoms with van der Waals surface area (Å²) < 4.78 is 5.27. The highest BCUT2D eigenvalue weighted by Crippen LogP contribution is 2.52. The SMILES string of the molecule is COc1ccc(C2=C([Si](C)(C)C)c3ccccc3C2(C)O)cc1. The van der Waals surface area contributed by atoms with Crippen molar-refractivity contribution in [2.75, 3.05) is 7.11 Å². The summed E-state index contributed by atoms with van der Waals surface area (Å²) in [6, 6.07) is 16.3. The van der Waals surface area contributed by atoms with Crippen molar-refractivity contribution in [2.24, 2.45) is 0 Å². The second-order valence-corrected chi connectivity index (χ2v) is 12.3. The van der Waals surface area contributed by atoms with Crippen LogP contribution in [0.1, 0.15) is 23.6 Å². The first-order valence-corrected chi connectivity index (χ1v) is 11.5. The number of ether oxygens (including phenoxy) is 1. The summed E-state index contributed by atoms with van der Waals surface area (Å²) in [6.07, 6.45) is 0. The lowest BCUT2D eigenvalue weighted by Crippen LogP contribution is -2.25. The van der Waals surface area contributed by atoms with E-state index >= 15 is 0 Å². The molecule has 120 valence electrons. The molecule has 0 amide bonds. The van der Waals surface area contributed by atoms with Gasteiger partial charge < -0.3 is 9.84 Å². The molecule has 1 unspecified atom stereocenters.